The van der Waals surface area contributed by atoms with E-state index in [9.17, 15) is 13.2 Å². The van der Waals surface area contributed by atoms with E-state index in [1.165, 1.54) is 0 Å². The summed E-state index contributed by atoms with van der Waals surface area (Å²) in [6, 6.07) is 0. The highest BCUT2D eigenvalue weighted by atomic mass is 19.4. The first-order valence-corrected chi connectivity index (χ1v) is 6.84. The van der Waals surface area contributed by atoms with E-state index in [0.29, 0.717) is 25.5 Å². The maximum atomic E-state index is 12.8. The molecule has 0 saturated carbocycles. The van der Waals surface area contributed by atoms with Gasteiger partial charge < -0.3 is 10.2 Å². The summed E-state index contributed by atoms with van der Waals surface area (Å²) in [7, 11) is 0. The topological polar surface area (TPSA) is 41.1 Å². The number of alkyl halides is 3. The molecule has 1 atom stereocenters. The van der Waals surface area contributed by atoms with E-state index < -0.39 is 12.1 Å². The molecule has 0 bridgehead atoms. The first-order chi connectivity index (χ1) is 9.50. The van der Waals surface area contributed by atoms with Gasteiger partial charge in [-0.15, -0.1) is 0 Å². The molecule has 0 spiro atoms. The van der Waals surface area contributed by atoms with Crippen molar-refractivity contribution < 1.29 is 13.2 Å². The zero-order chi connectivity index (χ0) is 14.6. The number of nitrogens with zero attached hydrogens (tertiary/aromatic N) is 3. The third kappa shape index (κ3) is 3.82. The van der Waals surface area contributed by atoms with Gasteiger partial charge in [-0.25, -0.2) is 9.97 Å². The third-order valence-electron chi connectivity index (χ3n) is 3.44. The van der Waals surface area contributed by atoms with Gasteiger partial charge in [0, 0.05) is 37.6 Å². The number of piperidine rings is 1. The van der Waals surface area contributed by atoms with Crippen LogP contribution in [0.5, 0.6) is 0 Å². The average molecular weight is 288 g/mol. The molecule has 7 heteroatoms. The van der Waals surface area contributed by atoms with Crippen molar-refractivity contribution >= 4 is 5.95 Å². The Labute approximate surface area is 116 Å². The maximum absolute atomic E-state index is 12.8. The van der Waals surface area contributed by atoms with Crippen LogP contribution in [0.1, 0.15) is 25.3 Å². The molecule has 4 nitrogen and oxygen atoms in total. The van der Waals surface area contributed by atoms with Gasteiger partial charge in [-0.3, -0.25) is 0 Å². The van der Waals surface area contributed by atoms with Crippen molar-refractivity contribution in [3.05, 3.63) is 18.0 Å². The molecule has 112 valence electrons. The second-order valence-electron chi connectivity index (χ2n) is 5.00. The van der Waals surface area contributed by atoms with E-state index in [1.807, 2.05) is 6.92 Å². The van der Waals surface area contributed by atoms with Gasteiger partial charge in [0.25, 0.3) is 0 Å². The highest BCUT2D eigenvalue weighted by Crippen LogP contribution is 2.33. The Morgan fingerprint density at radius 2 is 2.05 bits per heavy atom. The molecule has 1 aromatic heterocycles. The minimum Gasteiger partial charge on any atom is -0.340 e. The zero-order valence-corrected chi connectivity index (χ0v) is 11.5. The van der Waals surface area contributed by atoms with E-state index in [-0.39, 0.29) is 13.0 Å². The fraction of sp³-hybridized carbons (Fsp3) is 0.692. The standard InChI is InChI=1S/C13H19F3N4/c1-2-17-6-10-7-18-12(19-8-10)20-5-3-4-11(9-20)13(14,15)16/h7-8,11,17H,2-6,9H2,1H3. The molecule has 0 amide bonds. The Kier molecular flexibility index (Phi) is 4.80. The lowest BCUT2D eigenvalue weighted by atomic mass is 9.98. The molecule has 1 N–H and O–H groups in total. The summed E-state index contributed by atoms with van der Waals surface area (Å²) in [5.41, 5.74) is 0.931. The molecule has 20 heavy (non-hydrogen) atoms. The van der Waals surface area contributed by atoms with Crippen LogP contribution in [0, 0.1) is 5.92 Å². The van der Waals surface area contributed by atoms with Gasteiger partial charge in [0.1, 0.15) is 0 Å². The quantitative estimate of drug-likeness (QED) is 0.923. The van der Waals surface area contributed by atoms with E-state index in [1.54, 1.807) is 17.3 Å². The first kappa shape index (κ1) is 15.0. The normalized spacial score (nSPS) is 20.2. The summed E-state index contributed by atoms with van der Waals surface area (Å²) in [5.74, 6) is -0.888. The van der Waals surface area contributed by atoms with Gasteiger partial charge in [-0.2, -0.15) is 13.2 Å². The smallest absolute Gasteiger partial charge is 0.340 e. The molecule has 2 rings (SSSR count). The molecular formula is C13H19F3N4. The number of anilines is 1. The Morgan fingerprint density at radius 3 is 2.65 bits per heavy atom. The summed E-state index contributed by atoms with van der Waals surface area (Å²) in [4.78, 5) is 9.98. The van der Waals surface area contributed by atoms with Crippen molar-refractivity contribution in [2.45, 2.75) is 32.5 Å². The average Bonchev–Trinajstić information content (AvgIpc) is 2.45. The number of aromatic nitrogens is 2. The second-order valence-corrected chi connectivity index (χ2v) is 5.00. The molecule has 1 aliphatic heterocycles. The van der Waals surface area contributed by atoms with Crippen molar-refractivity contribution in [1.29, 1.82) is 0 Å². The summed E-state index contributed by atoms with van der Waals surface area (Å²) in [6.07, 6.45) is -0.0841. The molecule has 1 unspecified atom stereocenters. The monoisotopic (exact) mass is 288 g/mol. The first-order valence-electron chi connectivity index (χ1n) is 6.84. The molecule has 0 aliphatic carbocycles. The predicted octanol–water partition coefficient (Wildman–Crippen LogP) is 2.36. The van der Waals surface area contributed by atoms with Crippen LogP contribution in [-0.4, -0.2) is 35.8 Å². The maximum Gasteiger partial charge on any atom is 0.393 e. The number of hydrogen-bond donors (Lipinski definition) is 1. The van der Waals surface area contributed by atoms with E-state index >= 15 is 0 Å². The molecule has 1 aromatic rings. The Bertz CT molecular complexity index is 419. The van der Waals surface area contributed by atoms with Crippen LogP contribution in [0.2, 0.25) is 0 Å². The lowest BCUT2D eigenvalue weighted by Gasteiger charge is -2.33. The van der Waals surface area contributed by atoms with Crippen molar-refractivity contribution in [2.75, 3.05) is 24.5 Å². The molecule has 1 aliphatic rings. The SMILES string of the molecule is CCNCc1cnc(N2CCCC(C(F)(F)F)C2)nc1. The fourth-order valence-electron chi connectivity index (χ4n) is 2.30. The molecule has 2 heterocycles. The molecule has 1 saturated heterocycles. The minimum atomic E-state index is -4.14. The Morgan fingerprint density at radius 1 is 1.35 bits per heavy atom. The number of nitrogens with one attached hydrogen (secondary N) is 1. The van der Waals surface area contributed by atoms with E-state index in [4.69, 9.17) is 0 Å². The lowest BCUT2D eigenvalue weighted by molar-refractivity contribution is -0.176. The largest absolute Gasteiger partial charge is 0.393 e. The van der Waals surface area contributed by atoms with Crippen molar-refractivity contribution in [3.8, 4) is 0 Å². The van der Waals surface area contributed by atoms with Crippen LogP contribution >= 0.6 is 0 Å². The van der Waals surface area contributed by atoms with Gasteiger partial charge in [0.05, 0.1) is 5.92 Å². The number of rotatable bonds is 4. The highest BCUT2D eigenvalue weighted by Gasteiger charge is 2.42. The molecule has 0 radical (unpaired) electrons. The van der Waals surface area contributed by atoms with E-state index in [2.05, 4.69) is 15.3 Å². The van der Waals surface area contributed by atoms with Gasteiger partial charge >= 0.3 is 6.18 Å². The van der Waals surface area contributed by atoms with Gasteiger partial charge in [-0.1, -0.05) is 6.92 Å². The predicted molar refractivity (Wildman–Crippen MR) is 70.4 cm³/mol. The van der Waals surface area contributed by atoms with Crippen molar-refractivity contribution in [1.82, 2.24) is 15.3 Å². The zero-order valence-electron chi connectivity index (χ0n) is 11.5. The Hall–Kier alpha value is -1.37. The second kappa shape index (κ2) is 6.39. The van der Waals surface area contributed by atoms with E-state index in [0.717, 1.165) is 12.1 Å². The van der Waals surface area contributed by atoms with Gasteiger partial charge in [-0.05, 0) is 19.4 Å². The van der Waals surface area contributed by atoms with Crippen LogP contribution < -0.4 is 10.2 Å². The number of hydrogen-bond acceptors (Lipinski definition) is 4. The molecule has 1 fully saturated rings. The summed E-state index contributed by atoms with van der Waals surface area (Å²) in [5, 5.41) is 3.15. The van der Waals surface area contributed by atoms with Crippen LogP contribution in [-0.2, 0) is 6.54 Å². The van der Waals surface area contributed by atoms with Crippen LogP contribution in [0.3, 0.4) is 0 Å². The van der Waals surface area contributed by atoms with Crippen molar-refractivity contribution in [3.63, 3.8) is 0 Å². The summed E-state index contributed by atoms with van der Waals surface area (Å²) >= 11 is 0. The Balaban J connectivity index is 2.00. The minimum absolute atomic E-state index is 0.0456. The van der Waals surface area contributed by atoms with Crippen LogP contribution in [0.15, 0.2) is 12.4 Å². The van der Waals surface area contributed by atoms with Gasteiger partial charge in [0.15, 0.2) is 0 Å². The third-order valence-corrected chi connectivity index (χ3v) is 3.44. The van der Waals surface area contributed by atoms with Crippen LogP contribution in [0.4, 0.5) is 19.1 Å². The highest BCUT2D eigenvalue weighted by molar-refractivity contribution is 5.30. The lowest BCUT2D eigenvalue weighted by Crippen LogP contribution is -2.42. The molecular weight excluding hydrogens is 269 g/mol. The summed E-state index contributed by atoms with van der Waals surface area (Å²) in [6.45, 7) is 4.05. The fourth-order valence-corrected chi connectivity index (χ4v) is 2.30. The van der Waals surface area contributed by atoms with Crippen LogP contribution in [0.25, 0.3) is 0 Å². The summed E-state index contributed by atoms with van der Waals surface area (Å²) < 4.78 is 38.3. The number of halogens is 3. The van der Waals surface area contributed by atoms with Gasteiger partial charge in [0.2, 0.25) is 5.95 Å². The van der Waals surface area contributed by atoms with Crippen molar-refractivity contribution in [2.24, 2.45) is 5.92 Å². The molecule has 0 aromatic carbocycles.